The molecule has 0 bridgehead atoms. The largest absolute Gasteiger partial charge is 0.261 e. The molecule has 21 heavy (non-hydrogen) atoms. The summed E-state index contributed by atoms with van der Waals surface area (Å²) in [4.78, 5) is 5.72. The Morgan fingerprint density at radius 2 is 2.00 bits per heavy atom. The quantitative estimate of drug-likeness (QED) is 0.713. The van der Waals surface area contributed by atoms with Crippen molar-refractivity contribution in [1.82, 2.24) is 10.2 Å². The van der Waals surface area contributed by atoms with E-state index in [-0.39, 0.29) is 0 Å². The van der Waals surface area contributed by atoms with Crippen LogP contribution in [0.2, 0.25) is 0 Å². The number of nitrogens with zero attached hydrogens (tertiary/aromatic N) is 3. The summed E-state index contributed by atoms with van der Waals surface area (Å²) >= 11 is 1.53. The van der Waals surface area contributed by atoms with Crippen molar-refractivity contribution in [1.29, 1.82) is 0 Å². The number of aromatic nitrogens is 2. The number of fused-ring (bicyclic) bond motifs is 1. The lowest BCUT2D eigenvalue weighted by molar-refractivity contribution is 0.145. The van der Waals surface area contributed by atoms with Gasteiger partial charge in [0, 0.05) is 11.1 Å². The molecule has 4 nitrogen and oxygen atoms in total. The molecule has 0 aliphatic carbocycles. The minimum absolute atomic E-state index is 0.579. The van der Waals surface area contributed by atoms with Crippen molar-refractivity contribution in [3.8, 4) is 10.6 Å². The number of aryl methyl sites for hydroxylation is 1. The van der Waals surface area contributed by atoms with Crippen LogP contribution in [0, 0.1) is 6.92 Å². The van der Waals surface area contributed by atoms with Crippen molar-refractivity contribution in [2.45, 2.75) is 13.5 Å². The fraction of sp³-hybridized carbons (Fsp3) is 0.125. The van der Waals surface area contributed by atoms with Crippen molar-refractivity contribution < 1.29 is 4.84 Å². The van der Waals surface area contributed by atoms with Crippen LogP contribution in [-0.2, 0) is 11.4 Å². The van der Waals surface area contributed by atoms with Gasteiger partial charge in [-0.25, -0.2) is 0 Å². The second kappa shape index (κ2) is 4.95. The van der Waals surface area contributed by atoms with Crippen molar-refractivity contribution in [3.63, 3.8) is 0 Å². The van der Waals surface area contributed by atoms with E-state index in [0.29, 0.717) is 6.61 Å². The number of anilines is 2. The lowest BCUT2D eigenvalue weighted by atomic mass is 10.1. The van der Waals surface area contributed by atoms with Crippen LogP contribution in [0.15, 0.2) is 48.5 Å². The molecule has 1 aromatic heterocycles. The summed E-state index contributed by atoms with van der Waals surface area (Å²) in [5.41, 5.74) is 4.52. The third-order valence-electron chi connectivity index (χ3n) is 3.41. The molecule has 0 fully saturated rings. The zero-order chi connectivity index (χ0) is 14.2. The zero-order valence-electron chi connectivity index (χ0n) is 11.5. The summed E-state index contributed by atoms with van der Waals surface area (Å²) in [6.45, 7) is 2.65. The first-order chi connectivity index (χ1) is 10.3. The fourth-order valence-electron chi connectivity index (χ4n) is 2.39. The van der Waals surface area contributed by atoms with E-state index in [9.17, 15) is 0 Å². The number of benzene rings is 2. The lowest BCUT2D eigenvalue weighted by Gasteiger charge is -2.12. The highest BCUT2D eigenvalue weighted by atomic mass is 32.1. The Morgan fingerprint density at radius 3 is 2.90 bits per heavy atom. The molecule has 0 unspecified atom stereocenters. The Morgan fingerprint density at radius 1 is 1.10 bits per heavy atom. The highest BCUT2D eigenvalue weighted by Gasteiger charge is 2.24. The summed E-state index contributed by atoms with van der Waals surface area (Å²) in [7, 11) is 0. The molecule has 2 aromatic carbocycles. The summed E-state index contributed by atoms with van der Waals surface area (Å²) in [6.07, 6.45) is 0. The van der Waals surface area contributed by atoms with Gasteiger partial charge in [0.05, 0.1) is 5.69 Å². The van der Waals surface area contributed by atoms with E-state index in [1.165, 1.54) is 22.5 Å². The molecule has 0 N–H and O–H groups in total. The first-order valence-electron chi connectivity index (χ1n) is 6.73. The van der Waals surface area contributed by atoms with Gasteiger partial charge >= 0.3 is 0 Å². The Labute approximate surface area is 126 Å². The molecule has 1 aliphatic heterocycles. The molecule has 0 amide bonds. The standard InChI is InChI=1S/C16H13N3OS/c1-11-5-4-7-12(9-11)15-17-18-16(21-15)19-14-8-3-2-6-13(14)10-20-19/h2-9H,10H2,1H3. The molecule has 0 saturated carbocycles. The predicted octanol–water partition coefficient (Wildman–Crippen LogP) is 4.10. The van der Waals surface area contributed by atoms with Gasteiger partial charge in [0.2, 0.25) is 5.13 Å². The minimum atomic E-state index is 0.579. The second-order valence-electron chi connectivity index (χ2n) is 4.96. The summed E-state index contributed by atoms with van der Waals surface area (Å²) in [5.74, 6) is 0. The highest BCUT2D eigenvalue weighted by Crippen LogP contribution is 2.38. The van der Waals surface area contributed by atoms with Crippen molar-refractivity contribution >= 4 is 22.2 Å². The van der Waals surface area contributed by atoms with Crippen LogP contribution in [0.3, 0.4) is 0 Å². The van der Waals surface area contributed by atoms with E-state index in [4.69, 9.17) is 4.84 Å². The first kappa shape index (κ1) is 12.5. The maximum Gasteiger partial charge on any atom is 0.237 e. The number of para-hydroxylation sites is 1. The van der Waals surface area contributed by atoms with E-state index in [1.54, 1.807) is 5.06 Å². The van der Waals surface area contributed by atoms with E-state index < -0.39 is 0 Å². The first-order valence-corrected chi connectivity index (χ1v) is 7.54. The molecule has 0 spiro atoms. The number of rotatable bonds is 2. The zero-order valence-corrected chi connectivity index (χ0v) is 12.3. The van der Waals surface area contributed by atoms with E-state index in [1.807, 2.05) is 24.3 Å². The van der Waals surface area contributed by atoms with Gasteiger partial charge in [-0.2, -0.15) is 5.06 Å². The van der Waals surface area contributed by atoms with Gasteiger partial charge < -0.3 is 0 Å². The molecule has 3 aromatic rings. The van der Waals surface area contributed by atoms with Crippen LogP contribution < -0.4 is 5.06 Å². The van der Waals surface area contributed by atoms with Gasteiger partial charge in [-0.15, -0.1) is 10.2 Å². The van der Waals surface area contributed by atoms with Crippen LogP contribution in [0.1, 0.15) is 11.1 Å². The lowest BCUT2D eigenvalue weighted by Crippen LogP contribution is -2.10. The maximum absolute atomic E-state index is 5.72. The number of hydrogen-bond donors (Lipinski definition) is 0. The minimum Gasteiger partial charge on any atom is -0.261 e. The van der Waals surface area contributed by atoms with Gasteiger partial charge in [0.15, 0.2) is 0 Å². The Balaban J connectivity index is 1.70. The van der Waals surface area contributed by atoms with Gasteiger partial charge in [-0.3, -0.25) is 4.84 Å². The SMILES string of the molecule is Cc1cccc(-c2nnc(N3OCc4ccccc43)s2)c1. The predicted molar refractivity (Wildman–Crippen MR) is 83.5 cm³/mol. The average Bonchev–Trinajstić information content (AvgIpc) is 3.14. The maximum atomic E-state index is 5.72. The molecule has 1 aliphatic rings. The van der Waals surface area contributed by atoms with Crippen LogP contribution in [0.5, 0.6) is 0 Å². The Kier molecular flexibility index (Phi) is 2.94. The van der Waals surface area contributed by atoms with Crippen molar-refractivity contribution in [2.24, 2.45) is 0 Å². The molecular formula is C16H13N3OS. The molecular weight excluding hydrogens is 282 g/mol. The molecule has 5 heteroatoms. The van der Waals surface area contributed by atoms with Crippen LogP contribution >= 0.6 is 11.3 Å². The molecule has 2 heterocycles. The molecule has 4 rings (SSSR count). The van der Waals surface area contributed by atoms with E-state index >= 15 is 0 Å². The van der Waals surface area contributed by atoms with Crippen LogP contribution in [-0.4, -0.2) is 10.2 Å². The molecule has 0 radical (unpaired) electrons. The Hall–Kier alpha value is -2.24. The van der Waals surface area contributed by atoms with Gasteiger partial charge in [0.25, 0.3) is 0 Å². The average molecular weight is 295 g/mol. The molecule has 0 saturated heterocycles. The van der Waals surface area contributed by atoms with Crippen molar-refractivity contribution in [2.75, 3.05) is 5.06 Å². The number of hydrogen-bond acceptors (Lipinski definition) is 5. The van der Waals surface area contributed by atoms with Crippen molar-refractivity contribution in [3.05, 3.63) is 59.7 Å². The van der Waals surface area contributed by atoms with Gasteiger partial charge in [-0.1, -0.05) is 53.3 Å². The topological polar surface area (TPSA) is 38.2 Å². The Bertz CT molecular complexity index is 799. The third kappa shape index (κ3) is 2.20. The summed E-state index contributed by atoms with van der Waals surface area (Å²) < 4.78 is 0. The van der Waals surface area contributed by atoms with Gasteiger partial charge in [0.1, 0.15) is 11.6 Å². The summed E-state index contributed by atoms with van der Waals surface area (Å²) in [6, 6.07) is 16.4. The van der Waals surface area contributed by atoms with E-state index in [2.05, 4.69) is 41.4 Å². The second-order valence-corrected chi connectivity index (χ2v) is 5.91. The fourth-order valence-corrected chi connectivity index (χ4v) is 3.20. The third-order valence-corrected chi connectivity index (χ3v) is 4.35. The monoisotopic (exact) mass is 295 g/mol. The van der Waals surface area contributed by atoms with Crippen LogP contribution in [0.4, 0.5) is 10.8 Å². The smallest absolute Gasteiger partial charge is 0.237 e. The normalized spacial score (nSPS) is 13.5. The van der Waals surface area contributed by atoms with Crippen LogP contribution in [0.25, 0.3) is 10.6 Å². The van der Waals surface area contributed by atoms with Gasteiger partial charge in [-0.05, 0) is 19.1 Å². The molecule has 0 atom stereocenters. The summed E-state index contributed by atoms with van der Waals surface area (Å²) in [5, 5.41) is 12.0. The van der Waals surface area contributed by atoms with E-state index in [0.717, 1.165) is 21.4 Å². The highest BCUT2D eigenvalue weighted by molar-refractivity contribution is 7.18. The molecule has 104 valence electrons.